The maximum absolute atomic E-state index is 11.2. The summed E-state index contributed by atoms with van der Waals surface area (Å²) in [7, 11) is 0. The third-order valence-corrected chi connectivity index (χ3v) is 2.29. The molecular weight excluding hydrogens is 164 g/mol. The lowest BCUT2D eigenvalue weighted by Crippen LogP contribution is -2.36. The second kappa shape index (κ2) is 6.89. The lowest BCUT2D eigenvalue weighted by atomic mass is 9.98. The van der Waals surface area contributed by atoms with Crippen molar-refractivity contribution >= 4 is 5.91 Å². The molecule has 0 aromatic rings. The van der Waals surface area contributed by atoms with Gasteiger partial charge >= 0.3 is 0 Å². The third kappa shape index (κ3) is 6.58. The maximum atomic E-state index is 11.2. The Morgan fingerprint density at radius 3 is 2.38 bits per heavy atom. The van der Waals surface area contributed by atoms with Crippen LogP contribution in [0.5, 0.6) is 0 Å². The first-order valence-electron chi connectivity index (χ1n) is 5.05. The Labute approximate surface area is 81.3 Å². The summed E-state index contributed by atoms with van der Waals surface area (Å²) in [4.78, 5) is 11.2. The standard InChI is InChI=1S/C10H22N2O/c1-5-11-7-10(13)12-6-9(4)8(2)3/h8-9,11H,5-7H2,1-4H3,(H,12,13). The molecule has 0 radical (unpaired) electrons. The fourth-order valence-electron chi connectivity index (χ4n) is 0.812. The van der Waals surface area contributed by atoms with E-state index in [9.17, 15) is 4.79 Å². The van der Waals surface area contributed by atoms with E-state index < -0.39 is 0 Å². The smallest absolute Gasteiger partial charge is 0.233 e. The molecule has 2 N–H and O–H groups in total. The van der Waals surface area contributed by atoms with Gasteiger partial charge in [0.15, 0.2) is 0 Å². The summed E-state index contributed by atoms with van der Waals surface area (Å²) in [6.45, 7) is 10.5. The lowest BCUT2D eigenvalue weighted by molar-refractivity contribution is -0.120. The summed E-state index contributed by atoms with van der Waals surface area (Å²) in [5, 5.41) is 5.89. The van der Waals surface area contributed by atoms with Crippen LogP contribution in [-0.4, -0.2) is 25.5 Å². The highest BCUT2D eigenvalue weighted by Gasteiger charge is 2.08. The molecule has 1 amide bonds. The van der Waals surface area contributed by atoms with E-state index in [0.717, 1.165) is 13.1 Å². The zero-order valence-electron chi connectivity index (χ0n) is 9.18. The predicted octanol–water partition coefficient (Wildman–Crippen LogP) is 1.00. The average molecular weight is 186 g/mol. The first kappa shape index (κ1) is 12.4. The van der Waals surface area contributed by atoms with Gasteiger partial charge < -0.3 is 10.6 Å². The highest BCUT2D eigenvalue weighted by atomic mass is 16.1. The van der Waals surface area contributed by atoms with Crippen molar-refractivity contribution < 1.29 is 4.79 Å². The molecule has 0 aromatic carbocycles. The van der Waals surface area contributed by atoms with Crippen LogP contribution in [0.3, 0.4) is 0 Å². The van der Waals surface area contributed by atoms with Crippen molar-refractivity contribution in [1.82, 2.24) is 10.6 Å². The molecule has 0 heterocycles. The molecule has 0 bridgehead atoms. The summed E-state index contributed by atoms with van der Waals surface area (Å²) in [6, 6.07) is 0. The van der Waals surface area contributed by atoms with Crippen LogP contribution in [0.1, 0.15) is 27.7 Å². The van der Waals surface area contributed by atoms with Crippen LogP contribution in [0.2, 0.25) is 0 Å². The van der Waals surface area contributed by atoms with Gasteiger partial charge in [-0.2, -0.15) is 0 Å². The van der Waals surface area contributed by atoms with Gasteiger partial charge in [-0.3, -0.25) is 4.79 Å². The zero-order valence-corrected chi connectivity index (χ0v) is 9.18. The van der Waals surface area contributed by atoms with Crippen LogP contribution >= 0.6 is 0 Å². The first-order chi connectivity index (χ1) is 6.07. The molecule has 0 rings (SSSR count). The minimum Gasteiger partial charge on any atom is -0.355 e. The topological polar surface area (TPSA) is 41.1 Å². The van der Waals surface area contributed by atoms with Crippen molar-refractivity contribution in [3.05, 3.63) is 0 Å². The van der Waals surface area contributed by atoms with E-state index in [2.05, 4.69) is 31.4 Å². The van der Waals surface area contributed by atoms with Crippen LogP contribution in [0.25, 0.3) is 0 Å². The minimum atomic E-state index is 0.0920. The predicted molar refractivity (Wildman–Crippen MR) is 55.6 cm³/mol. The molecule has 0 spiro atoms. The van der Waals surface area contributed by atoms with Crippen molar-refractivity contribution in [2.75, 3.05) is 19.6 Å². The molecule has 0 fully saturated rings. The van der Waals surface area contributed by atoms with Gasteiger partial charge in [-0.05, 0) is 18.4 Å². The number of amides is 1. The van der Waals surface area contributed by atoms with Crippen LogP contribution in [0.4, 0.5) is 0 Å². The highest BCUT2D eigenvalue weighted by Crippen LogP contribution is 2.07. The molecule has 0 saturated carbocycles. The van der Waals surface area contributed by atoms with Gasteiger partial charge in [0.2, 0.25) is 5.91 Å². The monoisotopic (exact) mass is 186 g/mol. The molecule has 13 heavy (non-hydrogen) atoms. The Bertz CT molecular complexity index is 146. The van der Waals surface area contributed by atoms with E-state index >= 15 is 0 Å². The summed E-state index contributed by atoms with van der Waals surface area (Å²) >= 11 is 0. The Balaban J connectivity index is 3.46. The second-order valence-electron chi connectivity index (χ2n) is 3.81. The molecule has 3 heteroatoms. The molecule has 0 aliphatic carbocycles. The number of carbonyl (C=O) groups excluding carboxylic acids is 1. The Kier molecular flexibility index (Phi) is 6.59. The Hall–Kier alpha value is -0.570. The third-order valence-electron chi connectivity index (χ3n) is 2.29. The molecular formula is C10H22N2O. The lowest BCUT2D eigenvalue weighted by Gasteiger charge is -2.15. The average Bonchev–Trinajstić information content (AvgIpc) is 2.10. The van der Waals surface area contributed by atoms with Gasteiger partial charge in [-0.25, -0.2) is 0 Å². The normalized spacial score (nSPS) is 13.0. The summed E-state index contributed by atoms with van der Waals surface area (Å²) < 4.78 is 0. The van der Waals surface area contributed by atoms with Crippen LogP contribution in [-0.2, 0) is 4.79 Å². The van der Waals surface area contributed by atoms with Gasteiger partial charge in [-0.1, -0.05) is 27.7 Å². The SMILES string of the molecule is CCNCC(=O)NCC(C)C(C)C. The fraction of sp³-hybridized carbons (Fsp3) is 0.900. The number of rotatable bonds is 6. The first-order valence-corrected chi connectivity index (χ1v) is 5.05. The quantitative estimate of drug-likeness (QED) is 0.650. The van der Waals surface area contributed by atoms with Gasteiger partial charge in [0.05, 0.1) is 6.54 Å². The summed E-state index contributed by atoms with van der Waals surface area (Å²) in [6.07, 6.45) is 0. The second-order valence-corrected chi connectivity index (χ2v) is 3.81. The van der Waals surface area contributed by atoms with Crippen molar-refractivity contribution in [1.29, 1.82) is 0 Å². The molecule has 0 aromatic heterocycles. The van der Waals surface area contributed by atoms with Gasteiger partial charge in [-0.15, -0.1) is 0 Å². The molecule has 0 aliphatic heterocycles. The van der Waals surface area contributed by atoms with E-state index in [0.29, 0.717) is 18.4 Å². The number of nitrogens with one attached hydrogen (secondary N) is 2. The van der Waals surface area contributed by atoms with E-state index in [-0.39, 0.29) is 5.91 Å². The van der Waals surface area contributed by atoms with E-state index in [1.807, 2.05) is 6.92 Å². The highest BCUT2D eigenvalue weighted by molar-refractivity contribution is 5.77. The van der Waals surface area contributed by atoms with Crippen molar-refractivity contribution in [3.8, 4) is 0 Å². The molecule has 1 atom stereocenters. The number of hydrogen-bond donors (Lipinski definition) is 2. The summed E-state index contributed by atoms with van der Waals surface area (Å²) in [5.41, 5.74) is 0. The Morgan fingerprint density at radius 1 is 1.31 bits per heavy atom. The molecule has 78 valence electrons. The van der Waals surface area contributed by atoms with E-state index in [1.54, 1.807) is 0 Å². The molecule has 0 saturated heterocycles. The molecule has 1 unspecified atom stereocenters. The van der Waals surface area contributed by atoms with Crippen molar-refractivity contribution in [2.45, 2.75) is 27.7 Å². The van der Waals surface area contributed by atoms with Crippen LogP contribution < -0.4 is 10.6 Å². The van der Waals surface area contributed by atoms with Gasteiger partial charge in [0, 0.05) is 6.54 Å². The number of hydrogen-bond acceptors (Lipinski definition) is 2. The van der Waals surface area contributed by atoms with Crippen molar-refractivity contribution in [3.63, 3.8) is 0 Å². The van der Waals surface area contributed by atoms with Crippen LogP contribution in [0, 0.1) is 11.8 Å². The maximum Gasteiger partial charge on any atom is 0.233 e. The summed E-state index contributed by atoms with van der Waals surface area (Å²) in [5.74, 6) is 1.26. The molecule has 3 nitrogen and oxygen atoms in total. The van der Waals surface area contributed by atoms with Gasteiger partial charge in [0.1, 0.15) is 0 Å². The van der Waals surface area contributed by atoms with E-state index in [4.69, 9.17) is 0 Å². The largest absolute Gasteiger partial charge is 0.355 e. The van der Waals surface area contributed by atoms with Gasteiger partial charge in [0.25, 0.3) is 0 Å². The number of likely N-dealkylation sites (N-methyl/N-ethyl adjacent to an activating group) is 1. The number of carbonyl (C=O) groups is 1. The molecule has 0 aliphatic rings. The minimum absolute atomic E-state index is 0.0920. The zero-order chi connectivity index (χ0) is 10.3. The van der Waals surface area contributed by atoms with Crippen LogP contribution in [0.15, 0.2) is 0 Å². The fourth-order valence-corrected chi connectivity index (χ4v) is 0.812. The van der Waals surface area contributed by atoms with E-state index in [1.165, 1.54) is 0 Å². The Morgan fingerprint density at radius 2 is 1.92 bits per heavy atom. The van der Waals surface area contributed by atoms with Crippen molar-refractivity contribution in [2.24, 2.45) is 11.8 Å².